The molecule has 0 atom stereocenters. The standard InChI is InChI=1S/C12H19N3O2/c1-4-5-14(8-12(16)17)7-11-6-13-9-15(11)10(2)3/h4,6,9-10H,1,5,7-8H2,2-3H3,(H,16,17). The molecular formula is C12H19N3O2. The Morgan fingerprint density at radius 2 is 2.41 bits per heavy atom. The molecular weight excluding hydrogens is 218 g/mol. The molecule has 5 nitrogen and oxygen atoms in total. The van der Waals surface area contributed by atoms with Gasteiger partial charge in [-0.15, -0.1) is 6.58 Å². The van der Waals surface area contributed by atoms with Gasteiger partial charge in [0.1, 0.15) is 0 Å². The van der Waals surface area contributed by atoms with E-state index in [2.05, 4.69) is 25.4 Å². The Kier molecular flexibility index (Phi) is 4.90. The first-order valence-corrected chi connectivity index (χ1v) is 5.60. The summed E-state index contributed by atoms with van der Waals surface area (Å²) in [6.45, 7) is 8.90. The summed E-state index contributed by atoms with van der Waals surface area (Å²) < 4.78 is 2.04. The number of carboxylic acids is 1. The van der Waals surface area contributed by atoms with E-state index >= 15 is 0 Å². The summed E-state index contributed by atoms with van der Waals surface area (Å²) in [6.07, 6.45) is 5.25. The van der Waals surface area contributed by atoms with Gasteiger partial charge in [-0.05, 0) is 13.8 Å². The van der Waals surface area contributed by atoms with E-state index in [1.165, 1.54) is 0 Å². The van der Waals surface area contributed by atoms with Gasteiger partial charge in [0.05, 0.1) is 18.6 Å². The molecule has 0 radical (unpaired) electrons. The molecule has 1 heterocycles. The summed E-state index contributed by atoms with van der Waals surface area (Å²) in [5.41, 5.74) is 1.02. The zero-order chi connectivity index (χ0) is 12.8. The highest BCUT2D eigenvalue weighted by Crippen LogP contribution is 2.11. The van der Waals surface area contributed by atoms with Gasteiger partial charge in [0.15, 0.2) is 0 Å². The van der Waals surface area contributed by atoms with Crippen molar-refractivity contribution >= 4 is 5.97 Å². The summed E-state index contributed by atoms with van der Waals surface area (Å²) in [4.78, 5) is 16.6. The van der Waals surface area contributed by atoms with E-state index in [1.807, 2.05) is 9.47 Å². The van der Waals surface area contributed by atoms with Crippen molar-refractivity contribution in [2.45, 2.75) is 26.4 Å². The van der Waals surface area contributed by atoms with Crippen molar-refractivity contribution < 1.29 is 9.90 Å². The van der Waals surface area contributed by atoms with Crippen LogP contribution < -0.4 is 0 Å². The van der Waals surface area contributed by atoms with Crippen LogP contribution in [0.2, 0.25) is 0 Å². The third-order valence-corrected chi connectivity index (χ3v) is 2.43. The second-order valence-corrected chi connectivity index (χ2v) is 4.24. The minimum atomic E-state index is -0.831. The largest absolute Gasteiger partial charge is 0.480 e. The van der Waals surface area contributed by atoms with Crippen molar-refractivity contribution in [3.8, 4) is 0 Å². The maximum absolute atomic E-state index is 10.7. The highest BCUT2D eigenvalue weighted by atomic mass is 16.4. The summed E-state index contributed by atoms with van der Waals surface area (Å²) in [5, 5.41) is 8.82. The monoisotopic (exact) mass is 237 g/mol. The number of hydrogen-bond acceptors (Lipinski definition) is 3. The predicted octanol–water partition coefficient (Wildman–Crippen LogP) is 1.54. The Balaban J connectivity index is 2.74. The fourth-order valence-corrected chi connectivity index (χ4v) is 1.71. The molecule has 0 bridgehead atoms. The number of aliphatic carboxylic acids is 1. The Bertz CT molecular complexity index is 385. The molecule has 5 heteroatoms. The highest BCUT2D eigenvalue weighted by Gasteiger charge is 2.12. The lowest BCUT2D eigenvalue weighted by molar-refractivity contribution is -0.138. The molecule has 0 aliphatic heterocycles. The molecule has 0 aromatic carbocycles. The molecule has 1 N–H and O–H groups in total. The number of carbonyl (C=O) groups is 1. The van der Waals surface area contributed by atoms with Crippen LogP contribution in [0, 0.1) is 0 Å². The molecule has 0 saturated heterocycles. The quantitative estimate of drug-likeness (QED) is 0.731. The number of imidazole rings is 1. The van der Waals surface area contributed by atoms with Crippen LogP contribution in [0.5, 0.6) is 0 Å². The molecule has 0 aliphatic rings. The van der Waals surface area contributed by atoms with E-state index in [-0.39, 0.29) is 6.54 Å². The minimum Gasteiger partial charge on any atom is -0.480 e. The van der Waals surface area contributed by atoms with Crippen LogP contribution in [0.3, 0.4) is 0 Å². The van der Waals surface area contributed by atoms with Crippen LogP contribution in [-0.2, 0) is 11.3 Å². The van der Waals surface area contributed by atoms with Gasteiger partial charge in [-0.3, -0.25) is 9.69 Å². The highest BCUT2D eigenvalue weighted by molar-refractivity contribution is 5.69. The van der Waals surface area contributed by atoms with Crippen LogP contribution in [0.25, 0.3) is 0 Å². The first-order chi connectivity index (χ1) is 8.04. The van der Waals surface area contributed by atoms with E-state index in [1.54, 1.807) is 18.6 Å². The van der Waals surface area contributed by atoms with E-state index < -0.39 is 5.97 Å². The van der Waals surface area contributed by atoms with Gasteiger partial charge < -0.3 is 9.67 Å². The lowest BCUT2D eigenvalue weighted by atomic mass is 10.3. The van der Waals surface area contributed by atoms with Crippen LogP contribution in [0.1, 0.15) is 25.6 Å². The van der Waals surface area contributed by atoms with Crippen LogP contribution in [0.15, 0.2) is 25.2 Å². The molecule has 0 spiro atoms. The second-order valence-electron chi connectivity index (χ2n) is 4.24. The molecule has 1 aromatic heterocycles. The summed E-state index contributed by atoms with van der Waals surface area (Å²) in [7, 11) is 0. The van der Waals surface area contributed by atoms with Gasteiger partial charge in [-0.2, -0.15) is 0 Å². The van der Waals surface area contributed by atoms with Crippen molar-refractivity contribution in [1.29, 1.82) is 0 Å². The fourth-order valence-electron chi connectivity index (χ4n) is 1.71. The molecule has 17 heavy (non-hydrogen) atoms. The Hall–Kier alpha value is -1.62. The first-order valence-electron chi connectivity index (χ1n) is 5.60. The molecule has 0 fully saturated rings. The Labute approximate surface area is 101 Å². The van der Waals surface area contributed by atoms with Crippen LogP contribution in [-0.4, -0.2) is 38.6 Å². The maximum Gasteiger partial charge on any atom is 0.317 e. The van der Waals surface area contributed by atoms with Gasteiger partial charge in [-0.1, -0.05) is 6.08 Å². The van der Waals surface area contributed by atoms with Gasteiger partial charge in [0.25, 0.3) is 0 Å². The van der Waals surface area contributed by atoms with E-state index in [9.17, 15) is 4.79 Å². The minimum absolute atomic E-state index is 0.00922. The maximum atomic E-state index is 10.7. The molecule has 94 valence electrons. The topological polar surface area (TPSA) is 58.4 Å². The smallest absolute Gasteiger partial charge is 0.317 e. The predicted molar refractivity (Wildman–Crippen MR) is 65.7 cm³/mol. The number of nitrogens with zero attached hydrogens (tertiary/aromatic N) is 3. The number of hydrogen-bond donors (Lipinski definition) is 1. The molecule has 0 unspecified atom stereocenters. The molecule has 1 aromatic rings. The Morgan fingerprint density at radius 3 is 2.94 bits per heavy atom. The molecule has 0 amide bonds. The van der Waals surface area contributed by atoms with E-state index in [4.69, 9.17) is 5.11 Å². The summed E-state index contributed by atoms with van der Waals surface area (Å²) in [5.74, 6) is -0.831. The zero-order valence-electron chi connectivity index (χ0n) is 10.3. The van der Waals surface area contributed by atoms with Crippen LogP contribution in [0.4, 0.5) is 0 Å². The number of aromatic nitrogens is 2. The van der Waals surface area contributed by atoms with Gasteiger partial charge in [0, 0.05) is 25.3 Å². The molecule has 1 rings (SSSR count). The summed E-state index contributed by atoms with van der Waals surface area (Å²) >= 11 is 0. The third kappa shape index (κ3) is 4.03. The lowest BCUT2D eigenvalue weighted by Crippen LogP contribution is -2.30. The number of rotatable bonds is 7. The Morgan fingerprint density at radius 1 is 1.71 bits per heavy atom. The third-order valence-electron chi connectivity index (χ3n) is 2.43. The SMILES string of the molecule is C=CCN(CC(=O)O)Cc1cncn1C(C)C. The van der Waals surface area contributed by atoms with Gasteiger partial charge >= 0.3 is 5.97 Å². The zero-order valence-corrected chi connectivity index (χ0v) is 10.3. The normalized spacial score (nSPS) is 11.1. The van der Waals surface area contributed by atoms with Crippen molar-refractivity contribution in [2.75, 3.05) is 13.1 Å². The molecule has 0 saturated carbocycles. The second kappa shape index (κ2) is 6.20. The van der Waals surface area contributed by atoms with Crippen molar-refractivity contribution in [3.05, 3.63) is 30.9 Å². The molecule has 0 aliphatic carbocycles. The van der Waals surface area contributed by atoms with E-state index in [0.29, 0.717) is 19.1 Å². The van der Waals surface area contributed by atoms with Gasteiger partial charge in [-0.25, -0.2) is 4.98 Å². The number of carboxylic acid groups (broad SMARTS) is 1. The van der Waals surface area contributed by atoms with Crippen molar-refractivity contribution in [3.63, 3.8) is 0 Å². The summed E-state index contributed by atoms with van der Waals surface area (Å²) in [6, 6.07) is 0.322. The van der Waals surface area contributed by atoms with Crippen LogP contribution >= 0.6 is 0 Å². The van der Waals surface area contributed by atoms with Crippen molar-refractivity contribution in [1.82, 2.24) is 14.5 Å². The average molecular weight is 237 g/mol. The van der Waals surface area contributed by atoms with Crippen molar-refractivity contribution in [2.24, 2.45) is 0 Å². The lowest BCUT2D eigenvalue weighted by Gasteiger charge is -2.20. The first kappa shape index (κ1) is 13.4. The average Bonchev–Trinajstić information content (AvgIpc) is 2.65. The fraction of sp³-hybridized carbons (Fsp3) is 0.500. The van der Waals surface area contributed by atoms with Gasteiger partial charge in [0.2, 0.25) is 0 Å². The van der Waals surface area contributed by atoms with E-state index in [0.717, 1.165) is 5.69 Å².